The first-order valence-corrected chi connectivity index (χ1v) is 10.4. The molecule has 0 spiro atoms. The monoisotopic (exact) mass is 364 g/mol. The van der Waals surface area contributed by atoms with Crippen LogP contribution in [0.15, 0.2) is 91.0 Å². The minimum absolute atomic E-state index is 0.165. The van der Waals surface area contributed by atoms with Gasteiger partial charge in [0.05, 0.1) is 6.04 Å². The summed E-state index contributed by atoms with van der Waals surface area (Å²) in [6.45, 7) is 3.88. The molecule has 3 aromatic carbocycles. The lowest BCUT2D eigenvalue weighted by molar-refractivity contribution is 0.167. The van der Waals surface area contributed by atoms with E-state index >= 15 is 0 Å². The smallest absolute Gasteiger partial charge is 0.440 e. The van der Waals surface area contributed by atoms with Crippen molar-refractivity contribution in [3.8, 4) is 0 Å². The van der Waals surface area contributed by atoms with E-state index in [0.29, 0.717) is 0 Å². The SMILES string of the molecule is CC(C)N(C(=O)O)[P+](c1ccccc1)(c1ccccc1)c1ccccc1. The summed E-state index contributed by atoms with van der Waals surface area (Å²) in [5.74, 6) is 0. The first-order chi connectivity index (χ1) is 12.6. The number of hydrogen-bond donors (Lipinski definition) is 1. The molecule has 0 bridgehead atoms. The molecule has 0 atom stereocenters. The average Bonchev–Trinajstić information content (AvgIpc) is 2.67. The van der Waals surface area contributed by atoms with Crippen LogP contribution in [0, 0.1) is 0 Å². The van der Waals surface area contributed by atoms with Crippen LogP contribution in [-0.4, -0.2) is 21.9 Å². The molecule has 0 aromatic heterocycles. The van der Waals surface area contributed by atoms with Crippen molar-refractivity contribution in [2.75, 3.05) is 0 Å². The van der Waals surface area contributed by atoms with Gasteiger partial charge in [0.1, 0.15) is 15.9 Å². The number of rotatable bonds is 5. The molecular formula is C22H23NO2P+. The Bertz CT molecular complexity index is 754. The van der Waals surface area contributed by atoms with E-state index < -0.39 is 13.5 Å². The van der Waals surface area contributed by atoms with Crippen molar-refractivity contribution in [1.82, 2.24) is 4.67 Å². The summed E-state index contributed by atoms with van der Waals surface area (Å²) < 4.78 is 1.66. The minimum atomic E-state index is -2.54. The molecule has 0 radical (unpaired) electrons. The number of hydrogen-bond acceptors (Lipinski definition) is 1. The highest BCUT2D eigenvalue weighted by Gasteiger charge is 2.55. The van der Waals surface area contributed by atoms with Crippen LogP contribution in [0.1, 0.15) is 13.8 Å². The van der Waals surface area contributed by atoms with Crippen molar-refractivity contribution in [3.63, 3.8) is 0 Å². The van der Waals surface area contributed by atoms with E-state index in [4.69, 9.17) is 0 Å². The van der Waals surface area contributed by atoms with Gasteiger partial charge in [-0.2, -0.15) is 4.67 Å². The van der Waals surface area contributed by atoms with Crippen LogP contribution in [0.3, 0.4) is 0 Å². The lowest BCUT2D eigenvalue weighted by atomic mass is 10.4. The molecule has 4 heteroatoms. The molecule has 3 rings (SSSR count). The molecular weight excluding hydrogens is 341 g/mol. The summed E-state index contributed by atoms with van der Waals surface area (Å²) in [7, 11) is -2.54. The fourth-order valence-electron chi connectivity index (χ4n) is 3.45. The summed E-state index contributed by atoms with van der Waals surface area (Å²) >= 11 is 0. The highest BCUT2D eigenvalue weighted by atomic mass is 31.2. The number of carboxylic acid groups (broad SMARTS) is 1. The van der Waals surface area contributed by atoms with Gasteiger partial charge < -0.3 is 5.11 Å². The Hall–Kier alpha value is -2.64. The van der Waals surface area contributed by atoms with Gasteiger partial charge in [0.25, 0.3) is 0 Å². The predicted octanol–water partition coefficient (Wildman–Crippen LogP) is 4.28. The molecule has 1 amide bonds. The van der Waals surface area contributed by atoms with E-state index in [2.05, 4.69) is 0 Å². The van der Waals surface area contributed by atoms with E-state index in [9.17, 15) is 9.90 Å². The Kier molecular flexibility index (Phi) is 5.39. The third-order valence-electron chi connectivity index (χ3n) is 4.40. The molecule has 0 unspecified atom stereocenters. The molecule has 132 valence electrons. The van der Waals surface area contributed by atoms with Gasteiger partial charge in [-0.05, 0) is 50.2 Å². The Balaban J connectivity index is 2.45. The number of nitrogens with zero attached hydrogens (tertiary/aromatic N) is 1. The van der Waals surface area contributed by atoms with Gasteiger partial charge in [0.15, 0.2) is 0 Å². The molecule has 0 aliphatic heterocycles. The Morgan fingerprint density at radius 1 is 0.731 bits per heavy atom. The van der Waals surface area contributed by atoms with Crippen molar-refractivity contribution in [2.45, 2.75) is 19.9 Å². The third-order valence-corrected chi connectivity index (χ3v) is 8.81. The van der Waals surface area contributed by atoms with Gasteiger partial charge in [-0.15, -0.1) is 0 Å². The summed E-state index contributed by atoms with van der Waals surface area (Å²) in [6.07, 6.45) is -0.898. The van der Waals surface area contributed by atoms with Gasteiger partial charge in [-0.3, -0.25) is 0 Å². The highest BCUT2D eigenvalue weighted by Crippen LogP contribution is 2.59. The summed E-state index contributed by atoms with van der Waals surface area (Å²) in [5.41, 5.74) is 0. The maximum Gasteiger partial charge on any atom is 0.440 e. The van der Waals surface area contributed by atoms with E-state index in [1.165, 1.54) is 0 Å². The standard InChI is InChI=1S/C22H22NO2P/c1-18(2)23(22(24)25)26(19-12-6-3-7-13-19,20-14-8-4-9-15-20)21-16-10-5-11-17-21/h3-18H,1-2H3/p+1. The zero-order chi connectivity index (χ0) is 18.6. The quantitative estimate of drug-likeness (QED) is 0.687. The number of benzene rings is 3. The van der Waals surface area contributed by atoms with E-state index in [1.54, 1.807) is 4.67 Å². The van der Waals surface area contributed by atoms with Crippen LogP contribution in [0.2, 0.25) is 0 Å². The van der Waals surface area contributed by atoms with Crippen LogP contribution in [-0.2, 0) is 0 Å². The zero-order valence-electron chi connectivity index (χ0n) is 15.0. The lowest BCUT2D eigenvalue weighted by Crippen LogP contribution is -2.48. The molecule has 26 heavy (non-hydrogen) atoms. The second kappa shape index (κ2) is 7.72. The molecule has 1 N–H and O–H groups in total. The largest absolute Gasteiger partial charge is 0.463 e. The second-order valence-corrected chi connectivity index (χ2v) is 9.61. The Morgan fingerprint density at radius 2 is 1.04 bits per heavy atom. The van der Waals surface area contributed by atoms with Crippen LogP contribution in [0.4, 0.5) is 4.79 Å². The lowest BCUT2D eigenvalue weighted by Gasteiger charge is -2.37. The minimum Gasteiger partial charge on any atom is -0.463 e. The van der Waals surface area contributed by atoms with Gasteiger partial charge in [-0.25, -0.2) is 4.79 Å². The molecule has 0 fully saturated rings. The number of amides is 1. The van der Waals surface area contributed by atoms with E-state index in [0.717, 1.165) is 15.9 Å². The first kappa shape index (κ1) is 18.2. The topological polar surface area (TPSA) is 40.5 Å². The van der Waals surface area contributed by atoms with Crippen molar-refractivity contribution in [3.05, 3.63) is 91.0 Å². The number of carbonyl (C=O) groups is 1. The maximum atomic E-state index is 12.5. The fourth-order valence-corrected chi connectivity index (χ4v) is 7.85. The first-order valence-electron chi connectivity index (χ1n) is 8.67. The predicted molar refractivity (Wildman–Crippen MR) is 110 cm³/mol. The molecule has 0 aliphatic rings. The third kappa shape index (κ3) is 3.11. The fraction of sp³-hybridized carbons (Fsp3) is 0.136. The zero-order valence-corrected chi connectivity index (χ0v) is 15.9. The molecule has 0 saturated heterocycles. The van der Waals surface area contributed by atoms with Gasteiger partial charge >= 0.3 is 6.09 Å². The van der Waals surface area contributed by atoms with Crippen molar-refractivity contribution >= 4 is 29.4 Å². The molecule has 3 aromatic rings. The summed E-state index contributed by atoms with van der Waals surface area (Å²) in [4.78, 5) is 12.5. The van der Waals surface area contributed by atoms with Crippen LogP contribution in [0.5, 0.6) is 0 Å². The van der Waals surface area contributed by atoms with Crippen molar-refractivity contribution in [1.29, 1.82) is 0 Å². The van der Waals surface area contributed by atoms with E-state index in [1.807, 2.05) is 105 Å². The van der Waals surface area contributed by atoms with E-state index in [-0.39, 0.29) is 6.04 Å². The molecule has 3 nitrogen and oxygen atoms in total. The second-order valence-electron chi connectivity index (χ2n) is 6.36. The van der Waals surface area contributed by atoms with Crippen molar-refractivity contribution < 1.29 is 9.90 Å². The van der Waals surface area contributed by atoms with Gasteiger partial charge in [-0.1, -0.05) is 54.6 Å². The Morgan fingerprint density at radius 3 is 1.27 bits per heavy atom. The van der Waals surface area contributed by atoms with Crippen molar-refractivity contribution in [2.24, 2.45) is 0 Å². The van der Waals surface area contributed by atoms with Crippen LogP contribution in [0.25, 0.3) is 0 Å². The average molecular weight is 364 g/mol. The summed E-state index contributed by atoms with van der Waals surface area (Å²) in [6, 6.07) is 29.9. The summed E-state index contributed by atoms with van der Waals surface area (Å²) in [5, 5.41) is 13.3. The van der Waals surface area contributed by atoms with Gasteiger partial charge in [0.2, 0.25) is 7.41 Å². The van der Waals surface area contributed by atoms with Crippen LogP contribution < -0.4 is 15.9 Å². The molecule has 0 heterocycles. The highest BCUT2D eigenvalue weighted by molar-refractivity contribution is 7.94. The van der Waals surface area contributed by atoms with Gasteiger partial charge in [0, 0.05) is 0 Å². The molecule has 0 saturated carbocycles. The maximum absolute atomic E-state index is 12.5. The Labute approximate surface area is 155 Å². The molecule has 0 aliphatic carbocycles. The normalized spacial score (nSPS) is 11.3. The van der Waals surface area contributed by atoms with Crippen LogP contribution >= 0.6 is 7.41 Å².